The number of phenolic OH excluding ortho intramolecular Hbond substituents is 1. The van der Waals surface area contributed by atoms with Gasteiger partial charge >= 0.3 is 5.97 Å². The van der Waals surface area contributed by atoms with Crippen molar-refractivity contribution in [2.24, 2.45) is 0 Å². The number of amides is 1. The molecule has 5 nitrogen and oxygen atoms in total. The lowest BCUT2D eigenvalue weighted by Crippen LogP contribution is -2.33. The van der Waals surface area contributed by atoms with Crippen LogP contribution in [0.15, 0.2) is 48.5 Å². The normalized spacial score (nSPS) is 14.7. The number of carbonyl (C=O) groups excluding carboxylic acids is 2. The van der Waals surface area contributed by atoms with Crippen molar-refractivity contribution in [3.8, 4) is 5.75 Å². The number of hydrogen-bond acceptors (Lipinski definition) is 4. The first-order valence-corrected chi connectivity index (χ1v) is 7.90. The Labute approximate surface area is 140 Å². The Hall–Kier alpha value is -2.82. The van der Waals surface area contributed by atoms with Crippen molar-refractivity contribution in [2.75, 3.05) is 0 Å². The number of benzene rings is 2. The summed E-state index contributed by atoms with van der Waals surface area (Å²) < 4.78 is 5.42. The lowest BCUT2D eigenvalue weighted by atomic mass is 10.1. The van der Waals surface area contributed by atoms with Gasteiger partial charge in [-0.3, -0.25) is 4.79 Å². The number of ether oxygens (including phenoxy) is 1. The van der Waals surface area contributed by atoms with Gasteiger partial charge in [0, 0.05) is 11.6 Å². The molecule has 3 rings (SSSR count). The van der Waals surface area contributed by atoms with Crippen molar-refractivity contribution in [3.63, 3.8) is 0 Å². The summed E-state index contributed by atoms with van der Waals surface area (Å²) in [5.74, 6) is -1.23. The smallest absolute Gasteiger partial charge is 0.343 e. The third-order valence-corrected chi connectivity index (χ3v) is 3.86. The Morgan fingerprint density at radius 2 is 1.88 bits per heavy atom. The van der Waals surface area contributed by atoms with Gasteiger partial charge in [0.05, 0.1) is 0 Å². The molecule has 2 aromatic rings. The lowest BCUT2D eigenvalue weighted by Gasteiger charge is -2.18. The van der Waals surface area contributed by atoms with E-state index in [1.165, 1.54) is 12.1 Å². The van der Waals surface area contributed by atoms with Crippen molar-refractivity contribution >= 4 is 11.9 Å². The van der Waals surface area contributed by atoms with E-state index in [1.54, 1.807) is 30.3 Å². The molecule has 1 fully saturated rings. The standard InChI is InChI=1S/C19H19NO4/c1-12-7-10-15(16(21)11-12)19(23)24-17(13-5-3-2-4-6-13)18(22)20-14-8-9-14/h2-7,10-11,14,17,21H,8-9H2,1H3,(H,20,22)/t17-/m1/s1. The van der Waals surface area contributed by atoms with Crippen molar-refractivity contribution in [1.82, 2.24) is 5.32 Å². The van der Waals surface area contributed by atoms with Crippen LogP contribution in [0.1, 0.15) is 40.4 Å². The average Bonchev–Trinajstić information content (AvgIpc) is 3.37. The fourth-order valence-corrected chi connectivity index (χ4v) is 2.39. The number of phenols is 1. The van der Waals surface area contributed by atoms with Crippen LogP contribution >= 0.6 is 0 Å². The number of nitrogens with one attached hydrogen (secondary N) is 1. The van der Waals surface area contributed by atoms with Crippen molar-refractivity contribution < 1.29 is 19.4 Å². The number of aromatic hydroxyl groups is 1. The van der Waals surface area contributed by atoms with Crippen LogP contribution in [0.2, 0.25) is 0 Å². The largest absolute Gasteiger partial charge is 0.507 e. The number of rotatable bonds is 5. The number of aryl methyl sites for hydroxylation is 1. The molecule has 0 aromatic heterocycles. The van der Waals surface area contributed by atoms with Gasteiger partial charge in [-0.25, -0.2) is 4.79 Å². The van der Waals surface area contributed by atoms with Gasteiger partial charge in [0.2, 0.25) is 6.10 Å². The highest BCUT2D eigenvalue weighted by Crippen LogP contribution is 2.26. The first kappa shape index (κ1) is 16.1. The molecule has 1 atom stereocenters. The summed E-state index contributed by atoms with van der Waals surface area (Å²) in [6.07, 6.45) is 0.847. The molecule has 2 N–H and O–H groups in total. The molecular weight excluding hydrogens is 306 g/mol. The van der Waals surface area contributed by atoms with Gasteiger partial charge in [-0.05, 0) is 37.5 Å². The molecule has 24 heavy (non-hydrogen) atoms. The van der Waals surface area contributed by atoms with E-state index >= 15 is 0 Å². The van der Waals surface area contributed by atoms with E-state index in [2.05, 4.69) is 5.32 Å². The first-order valence-electron chi connectivity index (χ1n) is 7.90. The van der Waals surface area contributed by atoms with Crippen LogP contribution in [0.4, 0.5) is 0 Å². The van der Waals surface area contributed by atoms with Gasteiger partial charge < -0.3 is 15.2 Å². The topological polar surface area (TPSA) is 75.6 Å². The second kappa shape index (κ2) is 6.74. The molecule has 0 unspecified atom stereocenters. The summed E-state index contributed by atoms with van der Waals surface area (Å²) >= 11 is 0. The van der Waals surface area contributed by atoms with Crippen molar-refractivity contribution in [2.45, 2.75) is 31.9 Å². The molecule has 2 aromatic carbocycles. The Balaban J connectivity index is 1.82. The van der Waals surface area contributed by atoms with Crippen LogP contribution in [0.3, 0.4) is 0 Å². The minimum Gasteiger partial charge on any atom is -0.507 e. The zero-order valence-electron chi connectivity index (χ0n) is 13.4. The molecule has 1 amide bonds. The third kappa shape index (κ3) is 3.74. The molecule has 0 radical (unpaired) electrons. The fourth-order valence-electron chi connectivity index (χ4n) is 2.39. The predicted octanol–water partition coefficient (Wildman–Crippen LogP) is 2.88. The van der Waals surface area contributed by atoms with Crippen molar-refractivity contribution in [3.05, 3.63) is 65.2 Å². The highest BCUT2D eigenvalue weighted by atomic mass is 16.5. The van der Waals surface area contributed by atoms with Crippen LogP contribution in [0.5, 0.6) is 5.75 Å². The van der Waals surface area contributed by atoms with E-state index < -0.39 is 12.1 Å². The molecule has 0 heterocycles. The van der Waals surface area contributed by atoms with E-state index in [0.29, 0.717) is 5.56 Å². The minimum absolute atomic E-state index is 0.0424. The van der Waals surface area contributed by atoms with E-state index in [9.17, 15) is 14.7 Å². The van der Waals surface area contributed by atoms with Crippen LogP contribution < -0.4 is 5.32 Å². The quantitative estimate of drug-likeness (QED) is 0.829. The van der Waals surface area contributed by atoms with E-state index in [0.717, 1.165) is 18.4 Å². The lowest BCUT2D eigenvalue weighted by molar-refractivity contribution is -0.130. The highest BCUT2D eigenvalue weighted by Gasteiger charge is 2.31. The average molecular weight is 325 g/mol. The maximum atomic E-state index is 12.4. The van der Waals surface area contributed by atoms with Gasteiger partial charge in [0.25, 0.3) is 5.91 Å². The van der Waals surface area contributed by atoms with Crippen LogP contribution in [0.25, 0.3) is 0 Å². The van der Waals surface area contributed by atoms with Gasteiger partial charge in [0.15, 0.2) is 0 Å². The maximum Gasteiger partial charge on any atom is 0.343 e. The zero-order valence-corrected chi connectivity index (χ0v) is 13.4. The van der Waals surface area contributed by atoms with Gasteiger partial charge in [-0.2, -0.15) is 0 Å². The van der Waals surface area contributed by atoms with Crippen molar-refractivity contribution in [1.29, 1.82) is 0 Å². The van der Waals surface area contributed by atoms with Gasteiger partial charge in [0.1, 0.15) is 11.3 Å². The molecule has 0 spiro atoms. The third-order valence-electron chi connectivity index (χ3n) is 3.86. The summed E-state index contributed by atoms with van der Waals surface area (Å²) in [6.45, 7) is 1.81. The predicted molar refractivity (Wildman–Crippen MR) is 88.6 cm³/mol. The SMILES string of the molecule is Cc1ccc(C(=O)O[C@@H](C(=O)NC2CC2)c2ccccc2)c(O)c1. The van der Waals surface area contributed by atoms with Crippen LogP contribution in [-0.2, 0) is 9.53 Å². The van der Waals surface area contributed by atoms with Crippen LogP contribution in [-0.4, -0.2) is 23.0 Å². The fraction of sp³-hybridized carbons (Fsp3) is 0.263. The summed E-state index contributed by atoms with van der Waals surface area (Å²) in [7, 11) is 0. The highest BCUT2D eigenvalue weighted by molar-refractivity contribution is 5.95. The second-order valence-electron chi connectivity index (χ2n) is 6.00. The first-order chi connectivity index (χ1) is 11.5. The second-order valence-corrected chi connectivity index (χ2v) is 6.00. The molecule has 124 valence electrons. The Morgan fingerprint density at radius 3 is 2.50 bits per heavy atom. The summed E-state index contributed by atoms with van der Waals surface area (Å²) in [6, 6.07) is 13.7. The minimum atomic E-state index is -1.04. The Bertz CT molecular complexity index is 753. The Kier molecular flexibility index (Phi) is 4.51. The molecule has 0 saturated heterocycles. The van der Waals surface area contributed by atoms with Gasteiger partial charge in [-0.1, -0.05) is 36.4 Å². The molecule has 5 heteroatoms. The summed E-state index contributed by atoms with van der Waals surface area (Å²) in [4.78, 5) is 24.9. The van der Waals surface area contributed by atoms with E-state index in [4.69, 9.17) is 4.74 Å². The zero-order chi connectivity index (χ0) is 17.1. The van der Waals surface area contributed by atoms with Crippen LogP contribution in [0, 0.1) is 6.92 Å². The summed E-state index contributed by atoms with van der Waals surface area (Å²) in [5, 5.41) is 12.8. The maximum absolute atomic E-state index is 12.4. The van der Waals surface area contributed by atoms with E-state index in [1.807, 2.05) is 13.0 Å². The van der Waals surface area contributed by atoms with Gasteiger partial charge in [-0.15, -0.1) is 0 Å². The summed E-state index contributed by atoms with van der Waals surface area (Å²) in [5.41, 5.74) is 1.46. The number of hydrogen-bond donors (Lipinski definition) is 2. The molecule has 1 aliphatic carbocycles. The molecule has 1 aliphatic rings. The van der Waals surface area contributed by atoms with E-state index in [-0.39, 0.29) is 23.3 Å². The Morgan fingerprint density at radius 1 is 1.17 bits per heavy atom. The molecular formula is C19H19NO4. The molecule has 0 aliphatic heterocycles. The number of esters is 1. The molecule has 0 bridgehead atoms. The molecule has 1 saturated carbocycles. The number of carbonyl (C=O) groups is 2. The monoisotopic (exact) mass is 325 g/mol.